The van der Waals surface area contributed by atoms with Crippen LogP contribution in [0.2, 0.25) is 0 Å². The van der Waals surface area contributed by atoms with Crippen molar-refractivity contribution in [2.75, 3.05) is 18.9 Å². The molecule has 0 bridgehead atoms. The standard InChI is InChI=1S/C19H20N4O/c1-13-3-6-15(7-4-13)20-19(24)14-5-8-17-16(11-14)21-18-12-22(2)9-10-23(17)18/h3-8,11H,9-10,12H2,1-2H3,(H,20,24). The first kappa shape index (κ1) is 14.9. The maximum absolute atomic E-state index is 12.5. The fourth-order valence-corrected chi connectivity index (χ4v) is 3.12. The summed E-state index contributed by atoms with van der Waals surface area (Å²) in [5, 5.41) is 2.94. The number of aryl methyl sites for hydroxylation is 1. The number of nitrogens with one attached hydrogen (secondary N) is 1. The summed E-state index contributed by atoms with van der Waals surface area (Å²) in [4.78, 5) is 19.4. The second-order valence-corrected chi connectivity index (χ2v) is 6.44. The highest BCUT2D eigenvalue weighted by molar-refractivity contribution is 6.06. The Kier molecular flexibility index (Phi) is 3.58. The molecule has 2 aromatic carbocycles. The van der Waals surface area contributed by atoms with Gasteiger partial charge in [-0.15, -0.1) is 0 Å². The summed E-state index contributed by atoms with van der Waals surface area (Å²) in [6.07, 6.45) is 0. The normalized spacial score (nSPS) is 14.6. The van der Waals surface area contributed by atoms with Crippen molar-refractivity contribution < 1.29 is 4.79 Å². The number of rotatable bonds is 2. The summed E-state index contributed by atoms with van der Waals surface area (Å²) in [6, 6.07) is 13.6. The second kappa shape index (κ2) is 5.76. The van der Waals surface area contributed by atoms with E-state index in [9.17, 15) is 4.79 Å². The van der Waals surface area contributed by atoms with Crippen molar-refractivity contribution in [1.82, 2.24) is 14.5 Å². The monoisotopic (exact) mass is 320 g/mol. The van der Waals surface area contributed by atoms with Gasteiger partial charge in [0.05, 0.1) is 17.6 Å². The number of hydrogen-bond acceptors (Lipinski definition) is 3. The quantitative estimate of drug-likeness (QED) is 0.789. The number of carbonyl (C=O) groups is 1. The number of anilines is 1. The minimum absolute atomic E-state index is 0.108. The fraction of sp³-hybridized carbons (Fsp3) is 0.263. The molecule has 2 heterocycles. The first-order valence-corrected chi connectivity index (χ1v) is 8.16. The summed E-state index contributed by atoms with van der Waals surface area (Å²) in [5.41, 5.74) is 4.59. The lowest BCUT2D eigenvalue weighted by Gasteiger charge is -2.23. The smallest absolute Gasteiger partial charge is 0.255 e. The molecule has 0 aliphatic carbocycles. The number of benzene rings is 2. The number of hydrogen-bond donors (Lipinski definition) is 1. The molecule has 1 aliphatic rings. The van der Waals surface area contributed by atoms with Gasteiger partial charge in [-0.3, -0.25) is 9.69 Å². The van der Waals surface area contributed by atoms with E-state index in [2.05, 4.69) is 21.8 Å². The van der Waals surface area contributed by atoms with Crippen LogP contribution in [-0.2, 0) is 13.1 Å². The Morgan fingerprint density at radius 3 is 2.71 bits per heavy atom. The van der Waals surface area contributed by atoms with E-state index in [1.165, 1.54) is 5.56 Å². The summed E-state index contributed by atoms with van der Waals surface area (Å²) in [7, 11) is 2.10. The first-order valence-electron chi connectivity index (χ1n) is 8.16. The van der Waals surface area contributed by atoms with Crippen molar-refractivity contribution in [3.05, 3.63) is 59.4 Å². The van der Waals surface area contributed by atoms with Gasteiger partial charge in [0.15, 0.2) is 0 Å². The van der Waals surface area contributed by atoms with Gasteiger partial charge in [-0.1, -0.05) is 17.7 Å². The molecule has 0 saturated heterocycles. The molecule has 1 aromatic heterocycles. The van der Waals surface area contributed by atoms with E-state index in [1.54, 1.807) is 0 Å². The average molecular weight is 320 g/mol. The van der Waals surface area contributed by atoms with E-state index in [0.717, 1.165) is 42.2 Å². The average Bonchev–Trinajstić information content (AvgIpc) is 2.93. The Hall–Kier alpha value is -2.66. The van der Waals surface area contributed by atoms with Crippen LogP contribution in [0.4, 0.5) is 5.69 Å². The summed E-state index contributed by atoms with van der Waals surface area (Å²) in [5.74, 6) is 0.957. The van der Waals surface area contributed by atoms with Gasteiger partial charge in [-0.05, 0) is 44.3 Å². The number of imidazole rings is 1. The number of carbonyl (C=O) groups excluding carboxylic acids is 1. The molecule has 0 saturated carbocycles. The minimum atomic E-state index is -0.108. The lowest BCUT2D eigenvalue weighted by atomic mass is 10.1. The molecule has 24 heavy (non-hydrogen) atoms. The Balaban J connectivity index is 1.62. The summed E-state index contributed by atoms with van der Waals surface area (Å²) < 4.78 is 2.25. The van der Waals surface area contributed by atoms with E-state index >= 15 is 0 Å². The van der Waals surface area contributed by atoms with Crippen LogP contribution in [-0.4, -0.2) is 34.0 Å². The van der Waals surface area contributed by atoms with Crippen LogP contribution in [0.25, 0.3) is 11.0 Å². The van der Waals surface area contributed by atoms with Gasteiger partial charge in [-0.2, -0.15) is 0 Å². The molecule has 0 atom stereocenters. The van der Waals surface area contributed by atoms with Crippen LogP contribution >= 0.6 is 0 Å². The van der Waals surface area contributed by atoms with Crippen LogP contribution < -0.4 is 5.32 Å². The predicted molar refractivity (Wildman–Crippen MR) is 95.2 cm³/mol. The molecular formula is C19H20N4O. The molecule has 0 fully saturated rings. The van der Waals surface area contributed by atoms with Gasteiger partial charge < -0.3 is 9.88 Å². The highest BCUT2D eigenvalue weighted by Crippen LogP contribution is 2.22. The zero-order valence-corrected chi connectivity index (χ0v) is 13.9. The minimum Gasteiger partial charge on any atom is -0.326 e. The fourth-order valence-electron chi connectivity index (χ4n) is 3.12. The largest absolute Gasteiger partial charge is 0.326 e. The van der Waals surface area contributed by atoms with Gasteiger partial charge in [0.2, 0.25) is 0 Å². The topological polar surface area (TPSA) is 50.2 Å². The molecule has 5 nitrogen and oxygen atoms in total. The van der Waals surface area contributed by atoms with Crippen molar-refractivity contribution in [2.24, 2.45) is 0 Å². The van der Waals surface area contributed by atoms with Gasteiger partial charge >= 0.3 is 0 Å². The lowest BCUT2D eigenvalue weighted by molar-refractivity contribution is 0.102. The highest BCUT2D eigenvalue weighted by atomic mass is 16.1. The zero-order chi connectivity index (χ0) is 16.7. The van der Waals surface area contributed by atoms with Crippen molar-refractivity contribution in [1.29, 1.82) is 0 Å². The number of likely N-dealkylation sites (N-methyl/N-ethyl adjacent to an activating group) is 1. The SMILES string of the molecule is Cc1ccc(NC(=O)c2ccc3c(c2)nc2n3CCN(C)C2)cc1. The third kappa shape index (κ3) is 2.67. The van der Waals surface area contributed by atoms with Crippen LogP contribution in [0.5, 0.6) is 0 Å². The van der Waals surface area contributed by atoms with E-state index in [4.69, 9.17) is 4.98 Å². The van der Waals surface area contributed by atoms with E-state index < -0.39 is 0 Å². The Bertz CT molecular complexity index is 911. The van der Waals surface area contributed by atoms with Crippen molar-refractivity contribution in [2.45, 2.75) is 20.0 Å². The summed E-state index contributed by atoms with van der Waals surface area (Å²) >= 11 is 0. The molecule has 5 heteroatoms. The zero-order valence-electron chi connectivity index (χ0n) is 13.9. The number of fused-ring (bicyclic) bond motifs is 3. The first-order chi connectivity index (χ1) is 11.6. The molecule has 1 amide bonds. The molecule has 0 spiro atoms. The third-order valence-electron chi connectivity index (χ3n) is 4.52. The molecule has 3 aromatic rings. The molecular weight excluding hydrogens is 300 g/mol. The van der Waals surface area contributed by atoms with Gasteiger partial charge in [0.25, 0.3) is 5.91 Å². The predicted octanol–water partition coefficient (Wildman–Crippen LogP) is 3.04. The highest BCUT2D eigenvalue weighted by Gasteiger charge is 2.18. The second-order valence-electron chi connectivity index (χ2n) is 6.44. The number of nitrogens with zero attached hydrogens (tertiary/aromatic N) is 3. The van der Waals surface area contributed by atoms with E-state index in [-0.39, 0.29) is 5.91 Å². The molecule has 122 valence electrons. The number of amides is 1. The third-order valence-corrected chi connectivity index (χ3v) is 4.52. The van der Waals surface area contributed by atoms with Crippen molar-refractivity contribution in [3.63, 3.8) is 0 Å². The molecule has 0 unspecified atom stereocenters. The van der Waals surface area contributed by atoms with Gasteiger partial charge in [0, 0.05) is 24.3 Å². The lowest BCUT2D eigenvalue weighted by Crippen LogP contribution is -2.30. The number of aromatic nitrogens is 2. The maximum atomic E-state index is 12.5. The van der Waals surface area contributed by atoms with Gasteiger partial charge in [-0.25, -0.2) is 4.98 Å². The maximum Gasteiger partial charge on any atom is 0.255 e. The van der Waals surface area contributed by atoms with Crippen molar-refractivity contribution >= 4 is 22.6 Å². The van der Waals surface area contributed by atoms with Gasteiger partial charge in [0.1, 0.15) is 5.82 Å². The van der Waals surface area contributed by atoms with Crippen molar-refractivity contribution in [3.8, 4) is 0 Å². The summed E-state index contributed by atoms with van der Waals surface area (Å²) in [6.45, 7) is 4.84. The molecule has 0 radical (unpaired) electrons. The van der Waals surface area contributed by atoms with Crippen LogP contribution in [0, 0.1) is 6.92 Å². The van der Waals surface area contributed by atoms with Crippen LogP contribution in [0.3, 0.4) is 0 Å². The van der Waals surface area contributed by atoms with Crippen LogP contribution in [0.1, 0.15) is 21.7 Å². The Morgan fingerprint density at radius 2 is 1.92 bits per heavy atom. The van der Waals surface area contributed by atoms with E-state index in [1.807, 2.05) is 49.4 Å². The van der Waals surface area contributed by atoms with Crippen LogP contribution in [0.15, 0.2) is 42.5 Å². The molecule has 1 aliphatic heterocycles. The Morgan fingerprint density at radius 1 is 1.12 bits per heavy atom. The van der Waals surface area contributed by atoms with E-state index in [0.29, 0.717) is 5.56 Å². The Labute approximate surface area is 140 Å². The molecule has 4 rings (SSSR count). The molecule has 1 N–H and O–H groups in total.